The molecule has 0 spiro atoms. The van der Waals surface area contributed by atoms with Gasteiger partial charge < -0.3 is 15.3 Å². The van der Waals surface area contributed by atoms with Crippen LogP contribution in [0.2, 0.25) is 0 Å². The van der Waals surface area contributed by atoms with Gasteiger partial charge in [0.15, 0.2) is 0 Å². The average molecular weight is 276 g/mol. The molecule has 1 aromatic rings. The number of rotatable bonds is 7. The number of nitrogens with one attached hydrogen (secondary N) is 1. The van der Waals surface area contributed by atoms with E-state index in [-0.39, 0.29) is 0 Å². The zero-order chi connectivity index (χ0) is 14.4. The van der Waals surface area contributed by atoms with Crippen LogP contribution in [0.3, 0.4) is 0 Å². The van der Waals surface area contributed by atoms with Crippen molar-refractivity contribution >= 4 is 5.69 Å². The van der Waals surface area contributed by atoms with Crippen LogP contribution in [-0.2, 0) is 6.54 Å². The molecule has 0 aliphatic carbocycles. The lowest BCUT2D eigenvalue weighted by Gasteiger charge is -2.21. The molecule has 0 aromatic heterocycles. The second kappa shape index (κ2) is 7.65. The number of hydrogen-bond donors (Lipinski definition) is 2. The van der Waals surface area contributed by atoms with E-state index in [1.54, 1.807) is 0 Å². The Labute approximate surface area is 123 Å². The molecule has 3 heteroatoms. The monoisotopic (exact) mass is 276 g/mol. The molecule has 1 heterocycles. The second-order valence-corrected chi connectivity index (χ2v) is 5.91. The number of aryl methyl sites for hydroxylation is 1. The maximum Gasteiger partial charge on any atom is 0.0434 e. The zero-order valence-corrected chi connectivity index (χ0v) is 12.9. The first-order valence-corrected chi connectivity index (χ1v) is 7.90. The number of hydrogen-bond acceptors (Lipinski definition) is 3. The molecule has 3 nitrogen and oxygen atoms in total. The highest BCUT2D eigenvalue weighted by Gasteiger charge is 2.23. The number of nitrogens with zero attached hydrogens (tertiary/aromatic N) is 1. The van der Waals surface area contributed by atoms with Gasteiger partial charge >= 0.3 is 0 Å². The molecule has 0 radical (unpaired) electrons. The van der Waals surface area contributed by atoms with Crippen LogP contribution in [0.15, 0.2) is 18.2 Å². The minimum atomic E-state index is 0.319. The van der Waals surface area contributed by atoms with Gasteiger partial charge in [0.25, 0.3) is 0 Å². The van der Waals surface area contributed by atoms with Crippen molar-refractivity contribution in [2.24, 2.45) is 5.92 Å². The van der Waals surface area contributed by atoms with Crippen LogP contribution in [0.5, 0.6) is 0 Å². The van der Waals surface area contributed by atoms with Crippen molar-refractivity contribution in [2.45, 2.75) is 39.7 Å². The Morgan fingerprint density at radius 1 is 1.40 bits per heavy atom. The number of anilines is 1. The Morgan fingerprint density at radius 3 is 2.95 bits per heavy atom. The largest absolute Gasteiger partial charge is 0.396 e. The van der Waals surface area contributed by atoms with Crippen molar-refractivity contribution < 1.29 is 5.11 Å². The van der Waals surface area contributed by atoms with Crippen molar-refractivity contribution in [3.63, 3.8) is 0 Å². The van der Waals surface area contributed by atoms with Crippen LogP contribution in [0.1, 0.15) is 37.3 Å². The molecule has 2 rings (SSSR count). The third-order valence-electron chi connectivity index (χ3n) is 4.18. The summed E-state index contributed by atoms with van der Waals surface area (Å²) in [7, 11) is 0. The summed E-state index contributed by atoms with van der Waals surface area (Å²) < 4.78 is 0. The molecule has 1 fully saturated rings. The third kappa shape index (κ3) is 3.97. The van der Waals surface area contributed by atoms with Crippen molar-refractivity contribution in [3.8, 4) is 0 Å². The first kappa shape index (κ1) is 15.3. The summed E-state index contributed by atoms with van der Waals surface area (Å²) >= 11 is 0. The summed E-state index contributed by atoms with van der Waals surface area (Å²) in [6.07, 6.45) is 3.32. The molecule has 112 valence electrons. The van der Waals surface area contributed by atoms with Crippen LogP contribution in [0, 0.1) is 12.8 Å². The zero-order valence-electron chi connectivity index (χ0n) is 12.9. The molecule has 1 aliphatic heterocycles. The van der Waals surface area contributed by atoms with E-state index in [2.05, 4.69) is 42.3 Å². The van der Waals surface area contributed by atoms with E-state index in [0.29, 0.717) is 12.5 Å². The fourth-order valence-corrected chi connectivity index (χ4v) is 3.06. The molecule has 1 saturated heterocycles. The molecule has 20 heavy (non-hydrogen) atoms. The molecule has 2 N–H and O–H groups in total. The van der Waals surface area contributed by atoms with Gasteiger partial charge in [-0.05, 0) is 55.8 Å². The van der Waals surface area contributed by atoms with Gasteiger partial charge in [-0.25, -0.2) is 0 Å². The quantitative estimate of drug-likeness (QED) is 0.752. The van der Waals surface area contributed by atoms with Crippen molar-refractivity contribution in [3.05, 3.63) is 29.3 Å². The van der Waals surface area contributed by atoms with E-state index in [4.69, 9.17) is 5.11 Å². The maximum atomic E-state index is 9.05. The summed E-state index contributed by atoms with van der Waals surface area (Å²) in [5.74, 6) is 0.658. The third-order valence-corrected chi connectivity index (χ3v) is 4.18. The van der Waals surface area contributed by atoms with Crippen LogP contribution in [-0.4, -0.2) is 31.3 Å². The Hall–Kier alpha value is -1.06. The van der Waals surface area contributed by atoms with Crippen LogP contribution in [0.4, 0.5) is 5.69 Å². The molecule has 1 aromatic carbocycles. The normalized spacial score (nSPS) is 18.8. The fraction of sp³-hybridized carbons (Fsp3) is 0.647. The fourth-order valence-electron chi connectivity index (χ4n) is 3.06. The molecular weight excluding hydrogens is 248 g/mol. The van der Waals surface area contributed by atoms with Crippen LogP contribution < -0.4 is 10.2 Å². The Kier molecular flexibility index (Phi) is 5.86. The predicted molar refractivity (Wildman–Crippen MR) is 85.2 cm³/mol. The van der Waals surface area contributed by atoms with E-state index in [0.717, 1.165) is 32.6 Å². The van der Waals surface area contributed by atoms with E-state index >= 15 is 0 Å². The van der Waals surface area contributed by atoms with Gasteiger partial charge in [-0.15, -0.1) is 0 Å². The van der Waals surface area contributed by atoms with E-state index < -0.39 is 0 Å². The molecular formula is C17H28N2O. The minimum Gasteiger partial charge on any atom is -0.396 e. The van der Waals surface area contributed by atoms with Gasteiger partial charge in [0.2, 0.25) is 0 Å². The van der Waals surface area contributed by atoms with Gasteiger partial charge in [0, 0.05) is 31.9 Å². The van der Waals surface area contributed by atoms with Crippen molar-refractivity contribution in [2.75, 3.05) is 31.1 Å². The highest BCUT2D eigenvalue weighted by atomic mass is 16.3. The smallest absolute Gasteiger partial charge is 0.0434 e. The minimum absolute atomic E-state index is 0.319. The first-order valence-electron chi connectivity index (χ1n) is 7.90. The topological polar surface area (TPSA) is 35.5 Å². The van der Waals surface area contributed by atoms with Gasteiger partial charge in [0.1, 0.15) is 0 Å². The highest BCUT2D eigenvalue weighted by molar-refractivity contribution is 5.55. The summed E-state index contributed by atoms with van der Waals surface area (Å²) in [6, 6.07) is 6.81. The van der Waals surface area contributed by atoms with E-state index in [1.165, 1.54) is 29.7 Å². The van der Waals surface area contributed by atoms with Crippen molar-refractivity contribution in [1.82, 2.24) is 5.32 Å². The Morgan fingerprint density at radius 2 is 2.25 bits per heavy atom. The standard InChI is InChI=1S/C17H28N2O/c1-3-8-18-12-16-4-5-17(14(2)11-16)19-9-6-15(13-19)7-10-20/h4-5,11,15,18,20H,3,6-10,12-13H2,1-2H3. The Balaban J connectivity index is 1.96. The number of aliphatic hydroxyl groups is 1. The second-order valence-electron chi connectivity index (χ2n) is 5.91. The van der Waals surface area contributed by atoms with Gasteiger partial charge in [0.05, 0.1) is 0 Å². The van der Waals surface area contributed by atoms with Crippen LogP contribution >= 0.6 is 0 Å². The predicted octanol–water partition coefficient (Wildman–Crippen LogP) is 2.70. The SMILES string of the molecule is CCCNCc1ccc(N2CCC(CCO)C2)c(C)c1. The molecule has 0 amide bonds. The highest BCUT2D eigenvalue weighted by Crippen LogP contribution is 2.28. The summed E-state index contributed by atoms with van der Waals surface area (Å²) in [5.41, 5.74) is 4.10. The van der Waals surface area contributed by atoms with Gasteiger partial charge in [-0.1, -0.05) is 19.1 Å². The summed E-state index contributed by atoms with van der Waals surface area (Å²) in [4.78, 5) is 2.47. The lowest BCUT2D eigenvalue weighted by atomic mass is 10.1. The van der Waals surface area contributed by atoms with E-state index in [9.17, 15) is 0 Å². The maximum absolute atomic E-state index is 9.05. The average Bonchev–Trinajstić information content (AvgIpc) is 2.88. The van der Waals surface area contributed by atoms with Gasteiger partial charge in [-0.3, -0.25) is 0 Å². The number of aliphatic hydroxyl groups excluding tert-OH is 1. The molecule has 0 saturated carbocycles. The molecule has 1 aliphatic rings. The molecule has 1 atom stereocenters. The Bertz CT molecular complexity index is 419. The lowest BCUT2D eigenvalue weighted by Crippen LogP contribution is -2.21. The first-order chi connectivity index (χ1) is 9.74. The lowest BCUT2D eigenvalue weighted by molar-refractivity contribution is 0.263. The molecule has 1 unspecified atom stereocenters. The summed E-state index contributed by atoms with van der Waals surface area (Å²) in [5, 5.41) is 12.5. The van der Waals surface area contributed by atoms with E-state index in [1.807, 2.05) is 0 Å². The summed E-state index contributed by atoms with van der Waals surface area (Å²) in [6.45, 7) is 8.97. The van der Waals surface area contributed by atoms with Crippen LogP contribution in [0.25, 0.3) is 0 Å². The van der Waals surface area contributed by atoms with Crippen molar-refractivity contribution in [1.29, 1.82) is 0 Å². The molecule has 0 bridgehead atoms. The number of benzene rings is 1. The van der Waals surface area contributed by atoms with Gasteiger partial charge in [-0.2, -0.15) is 0 Å².